The summed E-state index contributed by atoms with van der Waals surface area (Å²) in [6.07, 6.45) is 1.68. The van der Waals surface area contributed by atoms with Crippen molar-refractivity contribution in [2.24, 2.45) is 0 Å². The maximum absolute atomic E-state index is 12.2. The zero-order valence-corrected chi connectivity index (χ0v) is 15.5. The number of rotatable bonds is 6. The van der Waals surface area contributed by atoms with Gasteiger partial charge in [0.05, 0.1) is 5.75 Å². The number of hydrogen-bond donors (Lipinski definition) is 1. The van der Waals surface area contributed by atoms with Crippen molar-refractivity contribution in [3.05, 3.63) is 30.4 Å². The van der Waals surface area contributed by atoms with Crippen LogP contribution in [0.4, 0.5) is 5.69 Å². The van der Waals surface area contributed by atoms with E-state index in [1.807, 2.05) is 50.5 Å². The first-order valence-electron chi connectivity index (χ1n) is 8.16. The predicted molar refractivity (Wildman–Crippen MR) is 97.9 cm³/mol. The molecule has 25 heavy (non-hydrogen) atoms. The Labute approximate surface area is 150 Å². The molecule has 0 saturated heterocycles. The average Bonchev–Trinajstić information content (AvgIpc) is 3.19. The van der Waals surface area contributed by atoms with E-state index in [-0.39, 0.29) is 23.6 Å². The summed E-state index contributed by atoms with van der Waals surface area (Å²) in [5, 5.41) is 11.6. The van der Waals surface area contributed by atoms with Crippen molar-refractivity contribution in [1.29, 1.82) is 0 Å². The Morgan fingerprint density at radius 1 is 1.32 bits per heavy atom. The van der Waals surface area contributed by atoms with Gasteiger partial charge in [-0.25, -0.2) is 4.98 Å². The summed E-state index contributed by atoms with van der Waals surface area (Å²) in [5.74, 6) is 1.08. The van der Waals surface area contributed by atoms with Gasteiger partial charge in [0.25, 0.3) is 0 Å². The van der Waals surface area contributed by atoms with Crippen LogP contribution in [0.1, 0.15) is 45.5 Å². The number of aromatic nitrogens is 4. The molecule has 7 nitrogen and oxygen atoms in total. The van der Waals surface area contributed by atoms with Crippen LogP contribution in [0.3, 0.4) is 0 Å². The van der Waals surface area contributed by atoms with E-state index in [0.29, 0.717) is 11.6 Å². The van der Waals surface area contributed by atoms with Gasteiger partial charge in [0.1, 0.15) is 11.8 Å². The van der Waals surface area contributed by atoms with Gasteiger partial charge in [-0.2, -0.15) is 0 Å². The fourth-order valence-corrected chi connectivity index (χ4v) is 3.13. The number of amides is 1. The van der Waals surface area contributed by atoms with E-state index < -0.39 is 0 Å². The van der Waals surface area contributed by atoms with E-state index in [1.54, 1.807) is 6.33 Å². The number of carbonyl (C=O) groups is 1. The highest BCUT2D eigenvalue weighted by Gasteiger charge is 2.13. The second kappa shape index (κ2) is 7.26. The fraction of sp³-hybridized carbons (Fsp3) is 0.412. The van der Waals surface area contributed by atoms with E-state index in [9.17, 15) is 4.79 Å². The van der Waals surface area contributed by atoms with Crippen molar-refractivity contribution in [1.82, 2.24) is 19.7 Å². The molecule has 0 aliphatic rings. The molecule has 2 heterocycles. The Kier molecular flexibility index (Phi) is 5.08. The Bertz CT molecular complexity index is 884. The SMILES string of the molecule is CC(C)c1nc2cc(NC(=O)CSc3nncn3C(C)C)ccc2o1. The van der Waals surface area contributed by atoms with Gasteiger partial charge in [0, 0.05) is 17.6 Å². The molecular formula is C17H21N5O2S. The van der Waals surface area contributed by atoms with Crippen molar-refractivity contribution in [3.8, 4) is 0 Å². The molecule has 0 aliphatic heterocycles. The van der Waals surface area contributed by atoms with Gasteiger partial charge in [0.2, 0.25) is 5.91 Å². The lowest BCUT2D eigenvalue weighted by molar-refractivity contribution is -0.113. The molecule has 0 aliphatic carbocycles. The molecule has 1 amide bonds. The van der Waals surface area contributed by atoms with Gasteiger partial charge in [0.15, 0.2) is 16.6 Å². The van der Waals surface area contributed by atoms with Crippen LogP contribution in [-0.2, 0) is 4.79 Å². The van der Waals surface area contributed by atoms with Crippen LogP contribution in [0.5, 0.6) is 0 Å². The third-order valence-corrected chi connectivity index (χ3v) is 4.57. The molecule has 0 atom stereocenters. The third-order valence-electron chi connectivity index (χ3n) is 3.61. The van der Waals surface area contributed by atoms with Gasteiger partial charge in [-0.3, -0.25) is 4.79 Å². The lowest BCUT2D eigenvalue weighted by Gasteiger charge is -2.09. The first kappa shape index (κ1) is 17.5. The third kappa shape index (κ3) is 4.01. The number of carbonyl (C=O) groups excluding carboxylic acids is 1. The maximum atomic E-state index is 12.2. The molecule has 0 unspecified atom stereocenters. The Hall–Kier alpha value is -2.35. The van der Waals surface area contributed by atoms with E-state index >= 15 is 0 Å². The second-order valence-electron chi connectivity index (χ2n) is 6.34. The Morgan fingerprint density at radius 2 is 2.12 bits per heavy atom. The first-order chi connectivity index (χ1) is 11.9. The zero-order valence-electron chi connectivity index (χ0n) is 14.7. The number of benzene rings is 1. The van der Waals surface area contributed by atoms with Crippen LogP contribution in [0.2, 0.25) is 0 Å². The fourth-order valence-electron chi connectivity index (χ4n) is 2.29. The van der Waals surface area contributed by atoms with Gasteiger partial charge >= 0.3 is 0 Å². The quantitative estimate of drug-likeness (QED) is 0.673. The topological polar surface area (TPSA) is 85.8 Å². The van der Waals surface area contributed by atoms with Crippen LogP contribution in [-0.4, -0.2) is 31.4 Å². The molecule has 2 aromatic heterocycles. The predicted octanol–water partition coefficient (Wildman–Crippen LogP) is 3.85. The number of thioether (sulfide) groups is 1. The van der Waals surface area contributed by atoms with Crippen molar-refractivity contribution < 1.29 is 9.21 Å². The molecule has 0 saturated carbocycles. The zero-order chi connectivity index (χ0) is 18.0. The minimum atomic E-state index is -0.102. The van der Waals surface area contributed by atoms with Crippen LogP contribution >= 0.6 is 11.8 Å². The minimum absolute atomic E-state index is 0.102. The first-order valence-corrected chi connectivity index (χ1v) is 9.15. The number of fused-ring (bicyclic) bond motifs is 1. The molecule has 1 aromatic carbocycles. The summed E-state index contributed by atoms with van der Waals surface area (Å²) in [6.45, 7) is 8.15. The second-order valence-corrected chi connectivity index (χ2v) is 7.28. The smallest absolute Gasteiger partial charge is 0.234 e. The minimum Gasteiger partial charge on any atom is -0.440 e. The van der Waals surface area contributed by atoms with Gasteiger partial charge in [-0.1, -0.05) is 25.6 Å². The number of oxazole rings is 1. The normalized spacial score (nSPS) is 11.6. The van der Waals surface area contributed by atoms with E-state index in [2.05, 4.69) is 20.5 Å². The lowest BCUT2D eigenvalue weighted by Crippen LogP contribution is -2.14. The summed E-state index contributed by atoms with van der Waals surface area (Å²) in [7, 11) is 0. The number of hydrogen-bond acceptors (Lipinski definition) is 6. The van der Waals surface area contributed by atoms with Crippen molar-refractivity contribution >= 4 is 34.5 Å². The summed E-state index contributed by atoms with van der Waals surface area (Å²) in [5.41, 5.74) is 2.17. The van der Waals surface area contributed by atoms with Gasteiger partial charge < -0.3 is 14.3 Å². The highest BCUT2D eigenvalue weighted by molar-refractivity contribution is 7.99. The van der Waals surface area contributed by atoms with Crippen LogP contribution in [0.15, 0.2) is 34.1 Å². The number of nitrogens with zero attached hydrogens (tertiary/aromatic N) is 4. The summed E-state index contributed by atoms with van der Waals surface area (Å²) >= 11 is 1.36. The monoisotopic (exact) mass is 359 g/mol. The molecule has 8 heteroatoms. The Balaban J connectivity index is 1.64. The van der Waals surface area contributed by atoms with E-state index in [1.165, 1.54) is 11.8 Å². The largest absolute Gasteiger partial charge is 0.440 e. The average molecular weight is 359 g/mol. The van der Waals surface area contributed by atoms with Crippen LogP contribution in [0.25, 0.3) is 11.1 Å². The van der Waals surface area contributed by atoms with Crippen molar-refractivity contribution in [3.63, 3.8) is 0 Å². The molecule has 3 aromatic rings. The van der Waals surface area contributed by atoms with Crippen molar-refractivity contribution in [2.75, 3.05) is 11.1 Å². The molecule has 0 fully saturated rings. The molecular weight excluding hydrogens is 338 g/mol. The Morgan fingerprint density at radius 3 is 2.84 bits per heavy atom. The van der Waals surface area contributed by atoms with Gasteiger partial charge in [-0.15, -0.1) is 10.2 Å². The highest BCUT2D eigenvalue weighted by Crippen LogP contribution is 2.24. The maximum Gasteiger partial charge on any atom is 0.234 e. The standard InChI is InChI=1S/C17H21N5O2S/c1-10(2)16-20-13-7-12(5-6-14(13)24-16)19-15(23)8-25-17-21-18-9-22(17)11(3)4/h5-7,9-11H,8H2,1-4H3,(H,19,23). The van der Waals surface area contributed by atoms with Crippen LogP contribution in [0, 0.1) is 0 Å². The molecule has 132 valence electrons. The number of anilines is 1. The summed E-state index contributed by atoms with van der Waals surface area (Å²) in [6, 6.07) is 5.72. The lowest BCUT2D eigenvalue weighted by atomic mass is 10.2. The molecule has 3 rings (SSSR count). The van der Waals surface area contributed by atoms with E-state index in [4.69, 9.17) is 4.42 Å². The molecule has 0 bridgehead atoms. The van der Waals surface area contributed by atoms with E-state index in [0.717, 1.165) is 16.3 Å². The molecule has 0 spiro atoms. The summed E-state index contributed by atoms with van der Waals surface area (Å²) < 4.78 is 7.61. The molecule has 0 radical (unpaired) electrons. The highest BCUT2D eigenvalue weighted by atomic mass is 32.2. The van der Waals surface area contributed by atoms with Crippen LogP contribution < -0.4 is 5.32 Å². The molecule has 1 N–H and O–H groups in total. The van der Waals surface area contributed by atoms with Gasteiger partial charge in [-0.05, 0) is 32.0 Å². The van der Waals surface area contributed by atoms with Crippen molar-refractivity contribution in [2.45, 2.75) is 44.8 Å². The number of nitrogens with one attached hydrogen (secondary N) is 1. The summed E-state index contributed by atoms with van der Waals surface area (Å²) in [4.78, 5) is 16.7.